The molecule has 2 aliphatic heterocycles. The maximum Gasteiger partial charge on any atom is 0.264 e. The summed E-state index contributed by atoms with van der Waals surface area (Å²) in [6, 6.07) is 11.8. The van der Waals surface area contributed by atoms with Gasteiger partial charge >= 0.3 is 0 Å². The van der Waals surface area contributed by atoms with Gasteiger partial charge in [-0.15, -0.1) is 0 Å². The van der Waals surface area contributed by atoms with E-state index >= 15 is 0 Å². The molecule has 2 aliphatic rings. The zero-order valence-corrected chi connectivity index (χ0v) is 15.5. The van der Waals surface area contributed by atoms with Gasteiger partial charge in [-0.25, -0.2) is 4.99 Å². The minimum atomic E-state index is -0.142. The number of amidine groups is 1. The van der Waals surface area contributed by atoms with Crippen molar-refractivity contribution in [2.24, 2.45) is 4.99 Å². The largest absolute Gasteiger partial charge is 0.441 e. The van der Waals surface area contributed by atoms with Crippen LogP contribution in [0.2, 0.25) is 0 Å². The van der Waals surface area contributed by atoms with Crippen LogP contribution in [-0.4, -0.2) is 24.2 Å². The molecule has 26 heavy (non-hydrogen) atoms. The minimum Gasteiger partial charge on any atom is -0.441 e. The number of rotatable bonds is 3. The predicted molar refractivity (Wildman–Crippen MR) is 107 cm³/mol. The van der Waals surface area contributed by atoms with Crippen LogP contribution >= 0.6 is 11.8 Å². The third-order valence-corrected chi connectivity index (χ3v) is 5.38. The van der Waals surface area contributed by atoms with E-state index in [2.05, 4.69) is 15.2 Å². The van der Waals surface area contributed by atoms with Crippen molar-refractivity contribution in [1.29, 1.82) is 0 Å². The van der Waals surface area contributed by atoms with E-state index in [-0.39, 0.29) is 5.91 Å². The third kappa shape index (κ3) is 3.85. The average Bonchev–Trinajstić information content (AvgIpc) is 3.25. The fourth-order valence-corrected chi connectivity index (χ4v) is 3.87. The highest BCUT2D eigenvalue weighted by atomic mass is 32.2. The highest BCUT2D eigenvalue weighted by Crippen LogP contribution is 2.30. The SMILES string of the molecule is Cc1ccc(N=C2NC(=O)/C(=C/c3ccc(N4CCCCC4)o3)S2)cc1. The number of furan rings is 1. The molecule has 0 unspecified atom stereocenters. The number of carbonyl (C=O) groups is 1. The van der Waals surface area contributed by atoms with E-state index in [1.165, 1.54) is 36.6 Å². The van der Waals surface area contributed by atoms with Crippen LogP contribution in [0, 0.1) is 6.92 Å². The number of aryl methyl sites for hydroxylation is 1. The quantitative estimate of drug-likeness (QED) is 0.813. The maximum atomic E-state index is 12.2. The normalized spacial score (nSPS) is 20.8. The van der Waals surface area contributed by atoms with Gasteiger partial charge in [0.05, 0.1) is 10.6 Å². The van der Waals surface area contributed by atoms with Crippen LogP contribution in [0.1, 0.15) is 30.6 Å². The number of nitrogens with one attached hydrogen (secondary N) is 1. The Labute approximate surface area is 157 Å². The van der Waals surface area contributed by atoms with Gasteiger partial charge in [0, 0.05) is 25.2 Å². The first-order valence-electron chi connectivity index (χ1n) is 8.88. The van der Waals surface area contributed by atoms with Crippen LogP contribution in [0.4, 0.5) is 11.6 Å². The molecule has 134 valence electrons. The second-order valence-electron chi connectivity index (χ2n) is 6.54. The Morgan fingerprint density at radius 1 is 1.12 bits per heavy atom. The topological polar surface area (TPSA) is 57.8 Å². The number of hydrogen-bond acceptors (Lipinski definition) is 5. The standard InChI is InChI=1S/C20H21N3O2S/c1-14-5-7-15(8-6-14)21-20-22-19(24)17(26-20)13-16-9-10-18(25-16)23-11-3-2-4-12-23/h5-10,13H,2-4,11-12H2,1H3,(H,21,22,24)/b17-13-. The summed E-state index contributed by atoms with van der Waals surface area (Å²) in [5.74, 6) is 1.44. The summed E-state index contributed by atoms with van der Waals surface area (Å²) in [4.78, 5) is 19.6. The number of hydrogen-bond donors (Lipinski definition) is 1. The van der Waals surface area contributed by atoms with E-state index in [0.717, 1.165) is 24.7 Å². The van der Waals surface area contributed by atoms with Gasteiger partial charge in [0.25, 0.3) is 5.91 Å². The van der Waals surface area contributed by atoms with Crippen molar-refractivity contribution in [3.63, 3.8) is 0 Å². The Morgan fingerprint density at radius 2 is 1.88 bits per heavy atom. The van der Waals surface area contributed by atoms with E-state index in [9.17, 15) is 4.79 Å². The van der Waals surface area contributed by atoms with Crippen molar-refractivity contribution in [2.75, 3.05) is 18.0 Å². The lowest BCUT2D eigenvalue weighted by Crippen LogP contribution is -2.28. The average molecular weight is 367 g/mol. The van der Waals surface area contributed by atoms with Crippen molar-refractivity contribution in [1.82, 2.24) is 5.32 Å². The molecular weight excluding hydrogens is 346 g/mol. The van der Waals surface area contributed by atoms with Crippen LogP contribution < -0.4 is 10.2 Å². The van der Waals surface area contributed by atoms with Crippen LogP contribution in [0.15, 0.2) is 50.7 Å². The van der Waals surface area contributed by atoms with E-state index in [4.69, 9.17) is 4.42 Å². The lowest BCUT2D eigenvalue weighted by atomic mass is 10.1. The summed E-state index contributed by atoms with van der Waals surface area (Å²) in [5, 5.41) is 3.40. The van der Waals surface area contributed by atoms with E-state index in [1.54, 1.807) is 6.08 Å². The molecule has 1 amide bonds. The number of anilines is 1. The highest BCUT2D eigenvalue weighted by molar-refractivity contribution is 8.18. The molecule has 5 nitrogen and oxygen atoms in total. The first-order chi connectivity index (χ1) is 12.7. The molecule has 0 aliphatic carbocycles. The second kappa shape index (κ2) is 7.41. The second-order valence-corrected chi connectivity index (χ2v) is 7.57. The summed E-state index contributed by atoms with van der Waals surface area (Å²) in [5.41, 5.74) is 2.00. The summed E-state index contributed by atoms with van der Waals surface area (Å²) in [7, 11) is 0. The molecule has 0 bridgehead atoms. The van der Waals surface area contributed by atoms with Crippen molar-refractivity contribution < 1.29 is 9.21 Å². The lowest BCUT2D eigenvalue weighted by molar-refractivity contribution is -0.115. The van der Waals surface area contributed by atoms with Crippen LogP contribution in [0.25, 0.3) is 6.08 Å². The number of carbonyl (C=O) groups excluding carboxylic acids is 1. The number of aliphatic imine (C=N–C) groups is 1. The molecule has 1 aromatic heterocycles. The number of thioether (sulfide) groups is 1. The molecule has 0 atom stereocenters. The first-order valence-corrected chi connectivity index (χ1v) is 9.70. The maximum absolute atomic E-state index is 12.2. The Morgan fingerprint density at radius 3 is 2.65 bits per heavy atom. The summed E-state index contributed by atoms with van der Waals surface area (Å²) >= 11 is 1.33. The number of amides is 1. The zero-order chi connectivity index (χ0) is 17.9. The monoisotopic (exact) mass is 367 g/mol. The minimum absolute atomic E-state index is 0.142. The number of nitrogens with zero attached hydrogens (tertiary/aromatic N) is 2. The van der Waals surface area contributed by atoms with E-state index < -0.39 is 0 Å². The molecule has 0 saturated carbocycles. The summed E-state index contributed by atoms with van der Waals surface area (Å²) in [6.07, 6.45) is 5.47. The van der Waals surface area contributed by atoms with Crippen LogP contribution in [-0.2, 0) is 4.79 Å². The molecule has 0 radical (unpaired) electrons. The fourth-order valence-electron chi connectivity index (χ4n) is 3.05. The van der Waals surface area contributed by atoms with Gasteiger partial charge in [0.15, 0.2) is 11.1 Å². The van der Waals surface area contributed by atoms with Gasteiger partial charge in [0.2, 0.25) is 0 Å². The first kappa shape index (κ1) is 17.0. The van der Waals surface area contributed by atoms with Gasteiger partial charge in [-0.1, -0.05) is 17.7 Å². The van der Waals surface area contributed by atoms with Gasteiger partial charge in [-0.3, -0.25) is 4.79 Å². The predicted octanol–water partition coefficient (Wildman–Crippen LogP) is 4.47. The molecule has 3 heterocycles. The number of piperidine rings is 1. The molecule has 6 heteroatoms. The smallest absolute Gasteiger partial charge is 0.264 e. The Bertz CT molecular complexity index is 861. The van der Waals surface area contributed by atoms with Crippen LogP contribution in [0.5, 0.6) is 0 Å². The third-order valence-electron chi connectivity index (χ3n) is 4.47. The molecule has 1 aromatic carbocycles. The van der Waals surface area contributed by atoms with Crippen molar-refractivity contribution in [2.45, 2.75) is 26.2 Å². The molecule has 0 spiro atoms. The van der Waals surface area contributed by atoms with Crippen molar-refractivity contribution in [3.05, 3.63) is 52.6 Å². The van der Waals surface area contributed by atoms with Gasteiger partial charge < -0.3 is 14.6 Å². The van der Waals surface area contributed by atoms with Crippen molar-refractivity contribution in [3.8, 4) is 0 Å². The molecule has 2 aromatic rings. The Balaban J connectivity index is 1.48. The van der Waals surface area contributed by atoms with Gasteiger partial charge in [-0.05, 0) is 56.1 Å². The zero-order valence-electron chi connectivity index (χ0n) is 14.7. The summed E-state index contributed by atoms with van der Waals surface area (Å²) in [6.45, 7) is 4.10. The highest BCUT2D eigenvalue weighted by Gasteiger charge is 2.24. The van der Waals surface area contributed by atoms with Crippen LogP contribution in [0.3, 0.4) is 0 Å². The number of benzene rings is 1. The molecule has 2 fully saturated rings. The van der Waals surface area contributed by atoms with Gasteiger partial charge in [-0.2, -0.15) is 0 Å². The molecule has 4 rings (SSSR count). The molecular formula is C20H21N3O2S. The lowest BCUT2D eigenvalue weighted by Gasteiger charge is -2.25. The Kier molecular flexibility index (Phi) is 4.84. The van der Waals surface area contributed by atoms with E-state index in [1.807, 2.05) is 43.3 Å². The Hall–Kier alpha value is -2.47. The molecule has 1 N–H and O–H groups in total. The fraction of sp³-hybridized carbons (Fsp3) is 0.300. The van der Waals surface area contributed by atoms with Crippen molar-refractivity contribution >= 4 is 40.5 Å². The summed E-state index contributed by atoms with van der Waals surface area (Å²) < 4.78 is 5.92. The molecule has 2 saturated heterocycles. The van der Waals surface area contributed by atoms with Gasteiger partial charge in [0.1, 0.15) is 5.76 Å². The van der Waals surface area contributed by atoms with E-state index in [0.29, 0.717) is 15.8 Å².